The van der Waals surface area contributed by atoms with E-state index in [9.17, 15) is 17.6 Å². The van der Waals surface area contributed by atoms with E-state index in [-0.39, 0.29) is 10.5 Å². The molecule has 1 aliphatic rings. The van der Waals surface area contributed by atoms with Crippen molar-refractivity contribution in [3.63, 3.8) is 0 Å². The maximum absolute atomic E-state index is 14.1. The van der Waals surface area contributed by atoms with Gasteiger partial charge in [-0.1, -0.05) is 18.9 Å². The molecule has 2 rings (SSSR count). The Hall–Kier alpha value is -1.52. The fraction of sp³-hybridized carbons (Fsp3) is 0.462. The topological polar surface area (TPSA) is 63.6 Å². The highest BCUT2D eigenvalue weighted by atomic mass is 32.2. The van der Waals surface area contributed by atoms with Crippen LogP contribution in [0.25, 0.3) is 0 Å². The van der Waals surface area contributed by atoms with Crippen LogP contribution in [-0.2, 0) is 20.2 Å². The summed E-state index contributed by atoms with van der Waals surface area (Å²) in [7, 11) is -3.45. The summed E-state index contributed by atoms with van der Waals surface area (Å²) in [5, 5.41) is 0. The van der Waals surface area contributed by atoms with Crippen LogP contribution >= 0.6 is 0 Å². The molecule has 102 valence electrons. The fourth-order valence-corrected chi connectivity index (χ4v) is 3.23. The Morgan fingerprint density at radius 3 is 2.42 bits per heavy atom. The summed E-state index contributed by atoms with van der Waals surface area (Å²) < 4.78 is 36.9. The molecule has 19 heavy (non-hydrogen) atoms. The molecule has 0 bridgehead atoms. The van der Waals surface area contributed by atoms with Crippen LogP contribution in [0.15, 0.2) is 28.1 Å². The van der Waals surface area contributed by atoms with Gasteiger partial charge in [-0.3, -0.25) is 0 Å². The number of hydrogen-bond acceptors (Lipinski definition) is 4. The second kappa shape index (κ2) is 4.87. The molecule has 1 fully saturated rings. The molecule has 0 unspecified atom stereocenters. The van der Waals surface area contributed by atoms with E-state index in [0.717, 1.165) is 25.2 Å². The van der Waals surface area contributed by atoms with Crippen LogP contribution in [0.5, 0.6) is 0 Å². The van der Waals surface area contributed by atoms with Crippen LogP contribution in [0.4, 0.5) is 4.39 Å². The van der Waals surface area contributed by atoms with Crippen molar-refractivity contribution in [2.75, 3.05) is 6.26 Å². The summed E-state index contributed by atoms with van der Waals surface area (Å²) in [5.41, 5.74) is -0.595. The number of benzene rings is 1. The van der Waals surface area contributed by atoms with Crippen LogP contribution in [0.1, 0.15) is 31.2 Å². The first-order valence-corrected chi connectivity index (χ1v) is 7.87. The van der Waals surface area contributed by atoms with Crippen LogP contribution in [0.2, 0.25) is 0 Å². The standard InChI is InChI=1S/C13H14FNO3S/c1-19(17,18)10-4-5-11(12(14)8-10)13(15-9-16)6-2-3-7-13/h4-5,8H,2-3,6-7H2,1H3. The lowest BCUT2D eigenvalue weighted by Gasteiger charge is -2.23. The first kappa shape index (κ1) is 13.9. The molecule has 1 aliphatic carbocycles. The molecule has 0 aliphatic heterocycles. The minimum atomic E-state index is -3.45. The predicted octanol–water partition coefficient (Wildman–Crippen LogP) is 2.33. The Bertz CT molecular complexity index is 642. The van der Waals surface area contributed by atoms with Gasteiger partial charge in [-0.2, -0.15) is 4.99 Å². The minimum Gasteiger partial charge on any atom is -0.224 e. The van der Waals surface area contributed by atoms with Gasteiger partial charge in [0.25, 0.3) is 0 Å². The average Bonchev–Trinajstić information content (AvgIpc) is 2.77. The van der Waals surface area contributed by atoms with Gasteiger partial charge in [0.2, 0.25) is 6.08 Å². The summed E-state index contributed by atoms with van der Waals surface area (Å²) in [6, 6.07) is 3.76. The smallest absolute Gasteiger partial charge is 0.224 e. The highest BCUT2D eigenvalue weighted by Crippen LogP contribution is 2.43. The molecule has 0 amide bonds. The lowest BCUT2D eigenvalue weighted by Crippen LogP contribution is -2.21. The molecule has 0 heterocycles. The number of rotatable bonds is 3. The first-order valence-electron chi connectivity index (χ1n) is 5.98. The molecule has 0 N–H and O–H groups in total. The molecule has 0 radical (unpaired) electrons. The van der Waals surface area contributed by atoms with Crippen molar-refractivity contribution in [3.05, 3.63) is 29.6 Å². The molecule has 0 aromatic heterocycles. The maximum atomic E-state index is 14.1. The zero-order chi connectivity index (χ0) is 14.1. The second-order valence-corrected chi connectivity index (χ2v) is 6.87. The average molecular weight is 283 g/mol. The number of isocyanates is 1. The molecule has 1 aromatic carbocycles. The molecule has 0 saturated heterocycles. The molecular weight excluding hydrogens is 269 g/mol. The number of hydrogen-bond donors (Lipinski definition) is 0. The van der Waals surface area contributed by atoms with Gasteiger partial charge in [0, 0.05) is 11.8 Å². The number of aliphatic imine (C=N–C) groups is 1. The van der Waals surface area contributed by atoms with Crippen molar-refractivity contribution in [2.24, 2.45) is 4.99 Å². The third kappa shape index (κ3) is 2.60. The predicted molar refractivity (Wildman–Crippen MR) is 67.8 cm³/mol. The summed E-state index contributed by atoms with van der Waals surface area (Å²) in [6.45, 7) is 0. The van der Waals surface area contributed by atoms with Gasteiger partial charge in [-0.15, -0.1) is 0 Å². The quantitative estimate of drug-likeness (QED) is 0.631. The zero-order valence-corrected chi connectivity index (χ0v) is 11.3. The fourth-order valence-electron chi connectivity index (χ4n) is 2.59. The van der Waals surface area contributed by atoms with Crippen LogP contribution in [0.3, 0.4) is 0 Å². The Kier molecular flexibility index (Phi) is 3.56. The van der Waals surface area contributed by atoms with E-state index in [1.165, 1.54) is 18.2 Å². The lowest BCUT2D eigenvalue weighted by molar-refractivity contribution is 0.429. The van der Waals surface area contributed by atoms with E-state index < -0.39 is 21.2 Å². The van der Waals surface area contributed by atoms with Gasteiger partial charge in [-0.25, -0.2) is 17.6 Å². The third-order valence-corrected chi connectivity index (χ3v) is 4.67. The van der Waals surface area contributed by atoms with Crippen molar-refractivity contribution in [2.45, 2.75) is 36.1 Å². The summed E-state index contributed by atoms with van der Waals surface area (Å²) in [6.07, 6.45) is 5.42. The molecule has 4 nitrogen and oxygen atoms in total. The SMILES string of the molecule is CS(=O)(=O)c1ccc(C2(N=C=O)CCCC2)c(F)c1. The largest absolute Gasteiger partial charge is 0.235 e. The van der Waals surface area contributed by atoms with Gasteiger partial charge in [-0.05, 0) is 25.0 Å². The highest BCUT2D eigenvalue weighted by molar-refractivity contribution is 7.90. The maximum Gasteiger partial charge on any atom is 0.235 e. The minimum absolute atomic E-state index is 0.0722. The monoisotopic (exact) mass is 283 g/mol. The zero-order valence-electron chi connectivity index (χ0n) is 10.5. The van der Waals surface area contributed by atoms with Crippen molar-refractivity contribution >= 4 is 15.9 Å². The van der Waals surface area contributed by atoms with E-state index in [0.29, 0.717) is 12.8 Å². The Morgan fingerprint density at radius 1 is 1.32 bits per heavy atom. The van der Waals surface area contributed by atoms with Crippen LogP contribution in [0, 0.1) is 5.82 Å². The van der Waals surface area contributed by atoms with Crippen molar-refractivity contribution < 1.29 is 17.6 Å². The molecule has 0 atom stereocenters. The number of nitrogens with zero attached hydrogens (tertiary/aromatic N) is 1. The number of halogens is 1. The van der Waals surface area contributed by atoms with Crippen LogP contribution < -0.4 is 0 Å². The summed E-state index contributed by atoms with van der Waals surface area (Å²) >= 11 is 0. The first-order chi connectivity index (χ1) is 8.89. The van der Waals surface area contributed by atoms with Gasteiger partial charge < -0.3 is 0 Å². The normalized spacial score (nSPS) is 18.0. The molecule has 6 heteroatoms. The summed E-state index contributed by atoms with van der Waals surface area (Å²) in [5.74, 6) is -0.635. The Balaban J connectivity index is 2.54. The van der Waals surface area contributed by atoms with Gasteiger partial charge in [0.05, 0.1) is 4.90 Å². The number of carbonyl (C=O) groups excluding carboxylic acids is 1. The van der Waals surface area contributed by atoms with E-state index in [1.54, 1.807) is 0 Å². The van der Waals surface area contributed by atoms with Crippen molar-refractivity contribution in [1.82, 2.24) is 0 Å². The molecule has 1 aromatic rings. The van der Waals surface area contributed by atoms with E-state index in [2.05, 4.69) is 4.99 Å². The van der Waals surface area contributed by atoms with Gasteiger partial charge in [0.15, 0.2) is 9.84 Å². The Morgan fingerprint density at radius 2 is 1.95 bits per heavy atom. The highest BCUT2D eigenvalue weighted by Gasteiger charge is 2.38. The third-order valence-electron chi connectivity index (χ3n) is 3.56. The van der Waals surface area contributed by atoms with E-state index in [1.807, 2.05) is 0 Å². The Labute approximate surface area is 111 Å². The van der Waals surface area contributed by atoms with E-state index in [4.69, 9.17) is 0 Å². The molecule has 1 saturated carbocycles. The summed E-state index contributed by atoms with van der Waals surface area (Å²) in [4.78, 5) is 14.3. The van der Waals surface area contributed by atoms with Crippen molar-refractivity contribution in [3.8, 4) is 0 Å². The number of sulfone groups is 1. The van der Waals surface area contributed by atoms with Gasteiger partial charge in [0.1, 0.15) is 11.4 Å². The molecule has 0 spiro atoms. The van der Waals surface area contributed by atoms with Crippen molar-refractivity contribution in [1.29, 1.82) is 0 Å². The lowest BCUT2D eigenvalue weighted by atomic mass is 9.88. The molecular formula is C13H14FNO3S. The van der Waals surface area contributed by atoms with Gasteiger partial charge >= 0.3 is 0 Å². The van der Waals surface area contributed by atoms with E-state index >= 15 is 0 Å². The second-order valence-electron chi connectivity index (χ2n) is 4.86. The van der Waals surface area contributed by atoms with Crippen LogP contribution in [-0.4, -0.2) is 20.8 Å².